The molecule has 0 saturated carbocycles. The first kappa shape index (κ1) is 15.7. The van der Waals surface area contributed by atoms with Gasteiger partial charge < -0.3 is 9.47 Å². The highest BCUT2D eigenvalue weighted by molar-refractivity contribution is 5.28. The minimum atomic E-state index is -0.479. The van der Waals surface area contributed by atoms with Crippen molar-refractivity contribution in [1.82, 2.24) is 0 Å². The van der Waals surface area contributed by atoms with E-state index in [1.54, 1.807) is 14.2 Å². The first-order valence-electron chi connectivity index (χ1n) is 6.47. The predicted octanol–water partition coefficient (Wildman–Crippen LogP) is 3.29. The Labute approximate surface area is 116 Å². The van der Waals surface area contributed by atoms with Gasteiger partial charge in [-0.25, -0.2) is 0 Å². The predicted molar refractivity (Wildman–Crippen MR) is 75.8 cm³/mol. The second kappa shape index (κ2) is 6.70. The maximum Gasteiger partial charge on any atom is 0.172 e. The van der Waals surface area contributed by atoms with Crippen molar-refractivity contribution >= 4 is 0 Å². The van der Waals surface area contributed by atoms with Crippen LogP contribution in [0.5, 0.6) is 0 Å². The Morgan fingerprint density at radius 3 is 2.00 bits per heavy atom. The summed E-state index contributed by atoms with van der Waals surface area (Å²) in [7, 11) is 3.11. The normalized spacial score (nSPS) is 13.3. The van der Waals surface area contributed by atoms with Gasteiger partial charge in [0, 0.05) is 14.2 Å². The summed E-state index contributed by atoms with van der Waals surface area (Å²) < 4.78 is 10.3. The summed E-state index contributed by atoms with van der Waals surface area (Å²) >= 11 is 0. The number of hydrogen-bond donors (Lipinski definition) is 0. The van der Waals surface area contributed by atoms with Crippen LogP contribution in [0.1, 0.15) is 31.9 Å². The van der Waals surface area contributed by atoms with Crippen molar-refractivity contribution in [1.29, 1.82) is 5.26 Å². The molecule has 0 aliphatic rings. The van der Waals surface area contributed by atoms with E-state index in [4.69, 9.17) is 9.47 Å². The molecule has 1 aromatic carbocycles. The van der Waals surface area contributed by atoms with Crippen LogP contribution < -0.4 is 0 Å². The number of rotatable bonds is 5. The minimum absolute atomic E-state index is 0.148. The molecule has 0 saturated heterocycles. The molecular weight excluding hydrogens is 238 g/mol. The van der Waals surface area contributed by atoms with Crippen molar-refractivity contribution in [2.75, 3.05) is 14.2 Å². The lowest BCUT2D eigenvalue weighted by atomic mass is 9.86. The van der Waals surface area contributed by atoms with Gasteiger partial charge in [-0.2, -0.15) is 5.26 Å². The van der Waals surface area contributed by atoms with E-state index in [2.05, 4.69) is 51.1 Å². The fourth-order valence-electron chi connectivity index (χ4n) is 2.02. The molecule has 0 spiro atoms. The molecule has 19 heavy (non-hydrogen) atoms. The number of nitrogens with zero attached hydrogens (tertiary/aromatic N) is 1. The van der Waals surface area contributed by atoms with Crippen LogP contribution in [0.3, 0.4) is 0 Å². The quantitative estimate of drug-likeness (QED) is 0.764. The Bertz CT molecular complexity index is 422. The molecule has 3 nitrogen and oxygen atoms in total. The van der Waals surface area contributed by atoms with Gasteiger partial charge in [0.15, 0.2) is 6.29 Å². The number of methoxy groups -OCH3 is 2. The summed E-state index contributed by atoms with van der Waals surface area (Å²) in [5, 5.41) is 9.19. The highest BCUT2D eigenvalue weighted by atomic mass is 16.7. The Morgan fingerprint density at radius 1 is 1.11 bits per heavy atom. The SMILES string of the molecule is COC(OC)C(C#N)Cc1ccc(C(C)(C)C)cc1. The lowest BCUT2D eigenvalue weighted by Crippen LogP contribution is -2.25. The molecule has 104 valence electrons. The fourth-order valence-corrected chi connectivity index (χ4v) is 2.02. The Hall–Kier alpha value is -1.37. The molecule has 0 aliphatic heterocycles. The second-order valence-electron chi connectivity index (χ2n) is 5.73. The summed E-state index contributed by atoms with van der Waals surface area (Å²) in [6.45, 7) is 6.56. The molecule has 0 radical (unpaired) electrons. The average molecular weight is 261 g/mol. The molecule has 0 heterocycles. The topological polar surface area (TPSA) is 42.2 Å². The summed E-state index contributed by atoms with van der Waals surface area (Å²) in [5.41, 5.74) is 2.56. The molecule has 1 atom stereocenters. The number of ether oxygens (including phenoxy) is 2. The highest BCUT2D eigenvalue weighted by Crippen LogP contribution is 2.23. The Morgan fingerprint density at radius 2 is 1.63 bits per heavy atom. The summed E-state index contributed by atoms with van der Waals surface area (Å²) in [6.07, 6.45) is 0.153. The fraction of sp³-hybridized carbons (Fsp3) is 0.562. The molecule has 0 fully saturated rings. The van der Waals surface area contributed by atoms with Crippen LogP contribution in [0.15, 0.2) is 24.3 Å². The zero-order valence-corrected chi connectivity index (χ0v) is 12.4. The second-order valence-corrected chi connectivity index (χ2v) is 5.73. The third-order valence-corrected chi connectivity index (χ3v) is 3.23. The van der Waals surface area contributed by atoms with E-state index < -0.39 is 6.29 Å². The van der Waals surface area contributed by atoms with Gasteiger partial charge in [0.25, 0.3) is 0 Å². The van der Waals surface area contributed by atoms with Gasteiger partial charge in [0.05, 0.1) is 6.07 Å². The van der Waals surface area contributed by atoms with E-state index in [-0.39, 0.29) is 11.3 Å². The maximum absolute atomic E-state index is 9.19. The third-order valence-electron chi connectivity index (χ3n) is 3.23. The first-order valence-corrected chi connectivity index (χ1v) is 6.47. The van der Waals surface area contributed by atoms with Crippen LogP contribution in [0.4, 0.5) is 0 Å². The van der Waals surface area contributed by atoms with Crippen LogP contribution in [0.2, 0.25) is 0 Å². The van der Waals surface area contributed by atoms with Gasteiger partial charge in [-0.05, 0) is 23.0 Å². The molecule has 3 heteroatoms. The molecule has 0 aromatic heterocycles. The van der Waals surface area contributed by atoms with E-state index in [9.17, 15) is 5.26 Å². The first-order chi connectivity index (χ1) is 8.92. The largest absolute Gasteiger partial charge is 0.354 e. The zero-order valence-electron chi connectivity index (χ0n) is 12.4. The van der Waals surface area contributed by atoms with Crippen LogP contribution in [-0.4, -0.2) is 20.5 Å². The van der Waals surface area contributed by atoms with E-state index in [0.717, 1.165) is 5.56 Å². The van der Waals surface area contributed by atoms with Gasteiger partial charge >= 0.3 is 0 Å². The monoisotopic (exact) mass is 261 g/mol. The molecule has 0 bridgehead atoms. The lowest BCUT2D eigenvalue weighted by Gasteiger charge is -2.21. The summed E-state index contributed by atoms with van der Waals surface area (Å²) in [5.74, 6) is -0.296. The summed E-state index contributed by atoms with van der Waals surface area (Å²) in [6, 6.07) is 10.6. The number of benzene rings is 1. The van der Waals surface area contributed by atoms with Gasteiger partial charge in [0.2, 0.25) is 0 Å². The number of hydrogen-bond acceptors (Lipinski definition) is 3. The molecule has 0 N–H and O–H groups in total. The standard InChI is InChI=1S/C16H23NO2/c1-16(2,3)14-8-6-12(7-9-14)10-13(11-17)15(18-4)19-5/h6-9,13,15H,10H2,1-5H3. The van der Waals surface area contributed by atoms with Crippen molar-refractivity contribution in [3.05, 3.63) is 35.4 Å². The summed E-state index contributed by atoms with van der Waals surface area (Å²) in [4.78, 5) is 0. The van der Waals surface area contributed by atoms with Gasteiger partial charge in [0.1, 0.15) is 5.92 Å². The Kier molecular flexibility index (Phi) is 5.53. The maximum atomic E-state index is 9.19. The van der Waals surface area contributed by atoms with E-state index in [0.29, 0.717) is 6.42 Å². The van der Waals surface area contributed by atoms with Crippen molar-refractivity contribution in [3.8, 4) is 6.07 Å². The van der Waals surface area contributed by atoms with Crippen LogP contribution in [-0.2, 0) is 21.3 Å². The van der Waals surface area contributed by atoms with Crippen molar-refractivity contribution in [2.45, 2.75) is 38.9 Å². The van der Waals surface area contributed by atoms with E-state index >= 15 is 0 Å². The van der Waals surface area contributed by atoms with E-state index in [1.807, 2.05) is 0 Å². The van der Waals surface area contributed by atoms with Crippen LogP contribution >= 0.6 is 0 Å². The molecule has 1 unspecified atom stereocenters. The number of nitriles is 1. The Balaban J connectivity index is 2.80. The molecule has 0 aliphatic carbocycles. The van der Waals surface area contributed by atoms with Crippen molar-refractivity contribution < 1.29 is 9.47 Å². The smallest absolute Gasteiger partial charge is 0.172 e. The zero-order chi connectivity index (χ0) is 14.5. The van der Waals surface area contributed by atoms with Crippen LogP contribution in [0.25, 0.3) is 0 Å². The van der Waals surface area contributed by atoms with Gasteiger partial charge in [-0.1, -0.05) is 45.0 Å². The molecule has 1 rings (SSSR count). The molecule has 0 amide bonds. The minimum Gasteiger partial charge on any atom is -0.354 e. The van der Waals surface area contributed by atoms with Crippen molar-refractivity contribution in [2.24, 2.45) is 5.92 Å². The van der Waals surface area contributed by atoms with Gasteiger partial charge in [-0.3, -0.25) is 0 Å². The molecule has 1 aromatic rings. The van der Waals surface area contributed by atoms with E-state index in [1.165, 1.54) is 5.56 Å². The average Bonchev–Trinajstić information content (AvgIpc) is 2.38. The van der Waals surface area contributed by atoms with Gasteiger partial charge in [-0.15, -0.1) is 0 Å². The molecular formula is C16H23NO2. The third kappa shape index (κ3) is 4.34. The van der Waals surface area contributed by atoms with Crippen molar-refractivity contribution in [3.63, 3.8) is 0 Å². The lowest BCUT2D eigenvalue weighted by molar-refractivity contribution is -0.124. The van der Waals surface area contributed by atoms with Crippen LogP contribution in [0, 0.1) is 17.2 Å². The highest BCUT2D eigenvalue weighted by Gasteiger charge is 2.21.